The van der Waals surface area contributed by atoms with Gasteiger partial charge in [0.05, 0.1) is 16.8 Å². The molecule has 4 heterocycles. The van der Waals surface area contributed by atoms with Crippen molar-refractivity contribution < 1.29 is 0 Å². The standard InChI is InChI=1S/C88H91BN4/c1-81(2,3)59-34-39-63(40-35-59)90-76-45-41-64(92-74-33-25-24-32-69(74)85(13)48-46-57-28-20-22-30-67(57)87(85,92)15)53-72(76)89-71-52-62(84(10,11)12)38-44-77(71)91(73-42-36-60(82(4,5)6)50-66(73)56-26-18-17-19-27-56)79-55-65(54-78(90)80(79)89)93-75-43-37-61(83(7,8)9)51-70(75)86(14)49-47-58-29-21-23-31-68(58)88(86,93)16/h17-45,50-55H,46-49H2,1-16H3. The summed E-state index contributed by atoms with van der Waals surface area (Å²) in [6.07, 6.45) is 4.20. The van der Waals surface area contributed by atoms with Gasteiger partial charge in [-0.1, -0.05) is 236 Å². The Labute approximate surface area is 555 Å². The first kappa shape index (κ1) is 59.5. The normalized spacial score (nSPS) is 21.7. The maximum Gasteiger partial charge on any atom is 0.252 e. The van der Waals surface area contributed by atoms with Gasteiger partial charge in [-0.2, -0.15) is 0 Å². The van der Waals surface area contributed by atoms with Crippen LogP contribution in [0.2, 0.25) is 0 Å². The van der Waals surface area contributed by atoms with Crippen LogP contribution in [-0.4, -0.2) is 6.71 Å². The molecule has 0 aromatic heterocycles. The van der Waals surface area contributed by atoms with Crippen molar-refractivity contribution in [2.75, 3.05) is 19.6 Å². The maximum atomic E-state index is 2.82. The first-order valence-electron chi connectivity index (χ1n) is 34.5. The lowest BCUT2D eigenvalue weighted by atomic mass is 9.33. The molecule has 0 amide bonds. The van der Waals surface area contributed by atoms with Crippen LogP contribution < -0.4 is 36.0 Å². The molecule has 6 aliphatic rings. The molecule has 4 nitrogen and oxygen atoms in total. The molecule has 0 saturated carbocycles. The Morgan fingerprint density at radius 2 is 0.753 bits per heavy atom. The minimum atomic E-state index is -0.460. The first-order chi connectivity index (χ1) is 44.1. The molecule has 2 aliphatic carbocycles. The molecule has 0 saturated heterocycles. The summed E-state index contributed by atoms with van der Waals surface area (Å²) in [5, 5.41) is 0. The topological polar surface area (TPSA) is 13.0 Å². The maximum absolute atomic E-state index is 2.82. The quantitative estimate of drug-likeness (QED) is 0.159. The van der Waals surface area contributed by atoms with Crippen LogP contribution in [0.4, 0.5) is 56.9 Å². The number of aryl methyl sites for hydroxylation is 2. The monoisotopic (exact) mass is 1210 g/mol. The third kappa shape index (κ3) is 8.42. The van der Waals surface area contributed by atoms with Crippen LogP contribution in [0.5, 0.6) is 0 Å². The van der Waals surface area contributed by atoms with E-state index in [4.69, 9.17) is 0 Å². The van der Waals surface area contributed by atoms with E-state index in [2.05, 4.69) is 343 Å². The van der Waals surface area contributed by atoms with Gasteiger partial charge in [0.2, 0.25) is 0 Å². The van der Waals surface area contributed by atoms with E-state index in [-0.39, 0.29) is 44.7 Å². The van der Waals surface area contributed by atoms with Crippen molar-refractivity contribution in [3.8, 4) is 11.1 Å². The summed E-state index contributed by atoms with van der Waals surface area (Å²) in [5.41, 5.74) is 31.0. The molecule has 0 bridgehead atoms. The Morgan fingerprint density at radius 3 is 1.35 bits per heavy atom. The summed E-state index contributed by atoms with van der Waals surface area (Å²) in [4.78, 5) is 11.0. The van der Waals surface area contributed by atoms with Crippen LogP contribution in [0.1, 0.15) is 179 Å². The van der Waals surface area contributed by atoms with E-state index in [0.717, 1.165) is 31.4 Å². The lowest BCUT2D eigenvalue weighted by Gasteiger charge is -2.52. The van der Waals surface area contributed by atoms with Crippen LogP contribution >= 0.6 is 0 Å². The van der Waals surface area contributed by atoms with Gasteiger partial charge in [0.15, 0.2) is 0 Å². The van der Waals surface area contributed by atoms with Crippen molar-refractivity contribution in [2.24, 2.45) is 0 Å². The molecule has 5 heteroatoms. The molecule has 0 fully saturated rings. The predicted molar refractivity (Wildman–Crippen MR) is 397 cm³/mol. The third-order valence-electron chi connectivity index (χ3n) is 23.9. The number of fused-ring (bicyclic) bond motifs is 14. The van der Waals surface area contributed by atoms with E-state index in [0.29, 0.717) is 0 Å². The second kappa shape index (κ2) is 20.0. The van der Waals surface area contributed by atoms with E-state index in [1.54, 1.807) is 0 Å². The number of anilines is 10. The SMILES string of the molecule is CC(C)(C)c1ccc(N2c3ccc(N4c5ccccc5C5(C)CCc6ccccc6C45C)cc3B3c4cc(C(C)(C)C)ccc4N(c4ccc(C(C)(C)C)cc4-c4ccccc4)c4cc(N5c6ccc(C(C)(C)C)cc6C6(C)CCc7ccccc7C56C)cc2c43)cc1. The van der Waals surface area contributed by atoms with Gasteiger partial charge in [0.1, 0.15) is 0 Å². The Balaban J connectivity index is 1.05. The highest BCUT2D eigenvalue weighted by Gasteiger charge is 2.62. The van der Waals surface area contributed by atoms with Gasteiger partial charge < -0.3 is 19.6 Å². The number of para-hydroxylation sites is 1. The number of rotatable bonds is 5. The molecule has 4 unspecified atom stereocenters. The summed E-state index contributed by atoms with van der Waals surface area (Å²) in [7, 11) is 0. The Morgan fingerprint density at radius 1 is 0.323 bits per heavy atom. The fraction of sp³-hybridized carbons (Fsp3) is 0.318. The minimum absolute atomic E-state index is 0.0285. The Kier molecular flexibility index (Phi) is 12.8. The second-order valence-electron chi connectivity index (χ2n) is 33.2. The molecule has 466 valence electrons. The highest BCUT2D eigenvalue weighted by molar-refractivity contribution is 7.00. The van der Waals surface area contributed by atoms with Crippen LogP contribution in [0.3, 0.4) is 0 Å². The highest BCUT2D eigenvalue weighted by atomic mass is 15.3. The van der Waals surface area contributed by atoms with Gasteiger partial charge in [-0.3, -0.25) is 0 Å². The molecule has 4 atom stereocenters. The molecule has 10 aromatic rings. The van der Waals surface area contributed by atoms with E-state index < -0.39 is 5.54 Å². The van der Waals surface area contributed by atoms with Crippen molar-refractivity contribution in [3.05, 3.63) is 268 Å². The number of nitrogens with zero attached hydrogens (tertiary/aromatic N) is 4. The van der Waals surface area contributed by atoms with E-state index in [9.17, 15) is 0 Å². The summed E-state index contributed by atoms with van der Waals surface area (Å²) in [5.74, 6) is 0. The fourth-order valence-corrected chi connectivity index (χ4v) is 18.3. The van der Waals surface area contributed by atoms with Crippen molar-refractivity contribution in [1.82, 2.24) is 0 Å². The summed E-state index contributed by atoms with van der Waals surface area (Å²) in [6, 6.07) is 84.3. The Hall–Kier alpha value is -8.54. The summed E-state index contributed by atoms with van der Waals surface area (Å²) in [6.45, 7) is 38.5. The molecule has 10 aromatic carbocycles. The fourth-order valence-electron chi connectivity index (χ4n) is 18.3. The number of benzene rings is 10. The largest absolute Gasteiger partial charge is 0.330 e. The van der Waals surface area contributed by atoms with Crippen LogP contribution in [0.15, 0.2) is 212 Å². The zero-order valence-corrected chi connectivity index (χ0v) is 57.9. The zero-order valence-electron chi connectivity index (χ0n) is 57.9. The molecule has 0 spiro atoms. The van der Waals surface area contributed by atoms with Crippen molar-refractivity contribution in [2.45, 2.75) is 180 Å². The van der Waals surface area contributed by atoms with Crippen LogP contribution in [-0.2, 0) is 56.4 Å². The smallest absolute Gasteiger partial charge is 0.252 e. The molecular weight excluding hydrogens is 1120 g/mol. The van der Waals surface area contributed by atoms with E-state index in [1.807, 2.05) is 0 Å². The average molecular weight is 1220 g/mol. The van der Waals surface area contributed by atoms with Gasteiger partial charge >= 0.3 is 0 Å². The molecule has 0 N–H and O–H groups in total. The molecule has 93 heavy (non-hydrogen) atoms. The summed E-state index contributed by atoms with van der Waals surface area (Å²) >= 11 is 0. The van der Waals surface area contributed by atoms with Gasteiger partial charge in [0, 0.05) is 67.6 Å². The molecule has 4 aliphatic heterocycles. The van der Waals surface area contributed by atoms with Gasteiger partial charge in [-0.15, -0.1) is 0 Å². The lowest BCUT2D eigenvalue weighted by molar-refractivity contribution is 0.245. The van der Waals surface area contributed by atoms with Crippen LogP contribution in [0, 0.1) is 0 Å². The molecular formula is C88H91BN4. The van der Waals surface area contributed by atoms with Crippen molar-refractivity contribution in [1.29, 1.82) is 0 Å². The predicted octanol–water partition coefficient (Wildman–Crippen LogP) is 21.2. The van der Waals surface area contributed by atoms with Gasteiger partial charge in [0.25, 0.3) is 6.71 Å². The summed E-state index contributed by atoms with van der Waals surface area (Å²) < 4.78 is 0. The molecule has 16 rings (SSSR count). The van der Waals surface area contributed by atoms with Gasteiger partial charge in [-0.25, -0.2) is 0 Å². The van der Waals surface area contributed by atoms with Crippen molar-refractivity contribution in [3.63, 3.8) is 0 Å². The lowest BCUT2D eigenvalue weighted by Crippen LogP contribution is -2.62. The van der Waals surface area contributed by atoms with E-state index in [1.165, 1.54) is 134 Å². The number of hydrogen-bond donors (Lipinski definition) is 0. The average Bonchev–Trinajstić information content (AvgIpc) is 1.63. The minimum Gasteiger partial charge on any atom is -0.330 e. The van der Waals surface area contributed by atoms with E-state index >= 15 is 0 Å². The van der Waals surface area contributed by atoms with Crippen LogP contribution in [0.25, 0.3) is 11.1 Å². The Bertz CT molecular complexity index is 4720. The first-order valence-corrected chi connectivity index (χ1v) is 34.5. The van der Waals surface area contributed by atoms with Crippen molar-refractivity contribution >= 4 is 80.0 Å². The number of hydrogen-bond acceptors (Lipinski definition) is 4. The zero-order chi connectivity index (χ0) is 64.9. The van der Waals surface area contributed by atoms with Gasteiger partial charge in [-0.05, 0) is 212 Å². The third-order valence-corrected chi connectivity index (χ3v) is 23.9. The molecule has 0 radical (unpaired) electrons. The second-order valence-corrected chi connectivity index (χ2v) is 33.2. The highest BCUT2D eigenvalue weighted by Crippen LogP contribution is 2.67.